The summed E-state index contributed by atoms with van der Waals surface area (Å²) in [5.74, 6) is 0. The Bertz CT molecular complexity index is 422. The van der Waals surface area contributed by atoms with Crippen LogP contribution in [0.3, 0.4) is 0 Å². The average Bonchev–Trinajstić information content (AvgIpc) is 2.49. The molecule has 0 spiro atoms. The largest absolute Gasteiger partial charge is 0.377 e. The SMILES string of the molecule is C[CH-]Cn1ccc2cc(Br)ccc21.[Sc]. The molecule has 0 aliphatic heterocycles. The predicted molar refractivity (Wildman–Crippen MR) is 59.6 cm³/mol. The zero-order valence-corrected chi connectivity index (χ0v) is 11.5. The van der Waals surface area contributed by atoms with Crippen LogP contribution < -0.4 is 0 Å². The minimum Gasteiger partial charge on any atom is -0.377 e. The van der Waals surface area contributed by atoms with Gasteiger partial charge in [0.2, 0.25) is 0 Å². The van der Waals surface area contributed by atoms with Crippen molar-refractivity contribution in [1.29, 1.82) is 0 Å². The normalized spacial score (nSPS) is 10.1. The first-order valence-electron chi connectivity index (χ1n) is 4.33. The summed E-state index contributed by atoms with van der Waals surface area (Å²) in [6.45, 7) is 3.05. The Morgan fingerprint density at radius 3 is 2.86 bits per heavy atom. The van der Waals surface area contributed by atoms with E-state index in [2.05, 4.69) is 64.3 Å². The van der Waals surface area contributed by atoms with Gasteiger partial charge in [0, 0.05) is 47.4 Å². The fourth-order valence-corrected chi connectivity index (χ4v) is 1.91. The van der Waals surface area contributed by atoms with Crippen molar-refractivity contribution in [3.63, 3.8) is 0 Å². The third kappa shape index (κ3) is 2.37. The number of hydrogen-bond donors (Lipinski definition) is 0. The summed E-state index contributed by atoms with van der Waals surface area (Å²) < 4.78 is 3.38. The molecule has 0 aliphatic rings. The maximum Gasteiger partial charge on any atom is 0.0456 e. The summed E-state index contributed by atoms with van der Waals surface area (Å²) in [7, 11) is 0. The first-order valence-corrected chi connectivity index (χ1v) is 5.13. The maximum absolute atomic E-state index is 3.46. The molecule has 1 heterocycles. The van der Waals surface area contributed by atoms with E-state index in [1.807, 2.05) is 0 Å². The second kappa shape index (κ2) is 5.26. The summed E-state index contributed by atoms with van der Waals surface area (Å²) >= 11 is 3.46. The Labute approximate surface area is 111 Å². The van der Waals surface area contributed by atoms with Crippen LogP contribution in [0.4, 0.5) is 0 Å². The second-order valence-corrected chi connectivity index (χ2v) is 4.00. The van der Waals surface area contributed by atoms with Crippen LogP contribution in [0.5, 0.6) is 0 Å². The zero-order chi connectivity index (χ0) is 9.26. The van der Waals surface area contributed by atoms with Crippen molar-refractivity contribution in [1.82, 2.24) is 4.57 Å². The number of benzene rings is 1. The Morgan fingerprint density at radius 2 is 2.14 bits per heavy atom. The van der Waals surface area contributed by atoms with E-state index in [0.29, 0.717) is 0 Å². The molecule has 1 radical (unpaired) electrons. The van der Waals surface area contributed by atoms with Crippen LogP contribution in [-0.4, -0.2) is 4.57 Å². The van der Waals surface area contributed by atoms with E-state index in [1.165, 1.54) is 10.9 Å². The summed E-state index contributed by atoms with van der Waals surface area (Å²) in [6, 6.07) is 8.50. The van der Waals surface area contributed by atoms with E-state index in [-0.39, 0.29) is 25.8 Å². The summed E-state index contributed by atoms with van der Waals surface area (Å²) in [5.41, 5.74) is 1.29. The van der Waals surface area contributed by atoms with Crippen molar-refractivity contribution >= 4 is 26.8 Å². The number of hydrogen-bond acceptors (Lipinski definition) is 0. The van der Waals surface area contributed by atoms with Gasteiger partial charge in [-0.1, -0.05) is 15.9 Å². The molecule has 0 saturated carbocycles. The van der Waals surface area contributed by atoms with Gasteiger partial charge in [-0.2, -0.15) is 6.92 Å². The van der Waals surface area contributed by atoms with Gasteiger partial charge in [-0.3, -0.25) is 0 Å². The Morgan fingerprint density at radius 1 is 1.36 bits per heavy atom. The molecule has 0 amide bonds. The van der Waals surface area contributed by atoms with Crippen LogP contribution in [0.15, 0.2) is 34.9 Å². The van der Waals surface area contributed by atoms with E-state index >= 15 is 0 Å². The van der Waals surface area contributed by atoms with Crippen LogP contribution in [0.25, 0.3) is 10.9 Å². The van der Waals surface area contributed by atoms with Crippen molar-refractivity contribution in [2.75, 3.05) is 0 Å². The van der Waals surface area contributed by atoms with Crippen molar-refractivity contribution < 1.29 is 25.8 Å². The molecular weight excluding hydrogens is 271 g/mol. The molecule has 0 N–H and O–H groups in total. The number of fused-ring (bicyclic) bond motifs is 1. The first kappa shape index (κ1) is 12.2. The smallest absolute Gasteiger partial charge is 0.0456 e. The van der Waals surface area contributed by atoms with Gasteiger partial charge in [0.25, 0.3) is 0 Å². The molecule has 14 heavy (non-hydrogen) atoms. The van der Waals surface area contributed by atoms with E-state index < -0.39 is 0 Å². The van der Waals surface area contributed by atoms with Crippen molar-refractivity contribution in [3.05, 3.63) is 41.4 Å². The predicted octanol–water partition coefficient (Wildman–Crippen LogP) is 3.63. The maximum atomic E-state index is 3.46. The standard InChI is InChI=1S/C11H11BrN.Sc/c1-2-6-13-7-5-9-8-10(12)3-4-11(9)13;/h2-5,7-8H,6H2,1H3;/q-1;. The number of rotatable bonds is 2. The molecule has 0 atom stereocenters. The number of nitrogens with zero attached hydrogens (tertiary/aromatic N) is 1. The second-order valence-electron chi connectivity index (χ2n) is 3.08. The Balaban J connectivity index is 0.000000980. The van der Waals surface area contributed by atoms with Crippen molar-refractivity contribution in [2.45, 2.75) is 13.5 Å². The van der Waals surface area contributed by atoms with Gasteiger partial charge < -0.3 is 11.0 Å². The zero-order valence-electron chi connectivity index (χ0n) is 8.07. The van der Waals surface area contributed by atoms with Gasteiger partial charge in [0.05, 0.1) is 0 Å². The monoisotopic (exact) mass is 281 g/mol. The number of halogens is 1. The minimum atomic E-state index is 0. The van der Waals surface area contributed by atoms with Crippen LogP contribution in [0, 0.1) is 6.42 Å². The molecule has 0 unspecified atom stereocenters. The van der Waals surface area contributed by atoms with Crippen LogP contribution in [0.2, 0.25) is 0 Å². The summed E-state index contributed by atoms with van der Waals surface area (Å²) in [6.07, 6.45) is 4.28. The molecule has 1 nitrogen and oxygen atoms in total. The summed E-state index contributed by atoms with van der Waals surface area (Å²) in [5, 5.41) is 1.29. The molecule has 71 valence electrons. The van der Waals surface area contributed by atoms with Gasteiger partial charge in [-0.25, -0.2) is 0 Å². The molecule has 1 aromatic carbocycles. The van der Waals surface area contributed by atoms with Crippen LogP contribution in [0.1, 0.15) is 6.92 Å². The fraction of sp³-hybridized carbons (Fsp3) is 0.182. The molecule has 2 aromatic rings. The molecular formula is C11H11BrNSc-. The molecule has 0 bridgehead atoms. The van der Waals surface area contributed by atoms with Crippen LogP contribution in [-0.2, 0) is 32.4 Å². The molecule has 3 heteroatoms. The minimum absolute atomic E-state index is 0. The molecule has 2 rings (SSSR count). The molecule has 0 aliphatic carbocycles. The third-order valence-corrected chi connectivity index (χ3v) is 2.61. The Kier molecular flexibility index (Phi) is 4.58. The van der Waals surface area contributed by atoms with Crippen LogP contribution >= 0.6 is 15.9 Å². The van der Waals surface area contributed by atoms with Crippen molar-refractivity contribution in [2.24, 2.45) is 0 Å². The van der Waals surface area contributed by atoms with Crippen molar-refractivity contribution in [3.8, 4) is 0 Å². The number of aromatic nitrogens is 1. The van der Waals surface area contributed by atoms with Gasteiger partial charge in [-0.05, 0) is 24.3 Å². The molecule has 0 fully saturated rings. The van der Waals surface area contributed by atoms with E-state index in [0.717, 1.165) is 11.0 Å². The quantitative estimate of drug-likeness (QED) is 0.741. The fourth-order valence-electron chi connectivity index (χ4n) is 1.53. The first-order chi connectivity index (χ1) is 6.31. The van der Waals surface area contributed by atoms with Gasteiger partial charge >= 0.3 is 0 Å². The third-order valence-electron chi connectivity index (χ3n) is 2.11. The van der Waals surface area contributed by atoms with E-state index in [9.17, 15) is 0 Å². The van der Waals surface area contributed by atoms with Gasteiger partial charge in [-0.15, -0.1) is 6.54 Å². The Hall–Kier alpha value is 0.110. The molecule has 1 aromatic heterocycles. The topological polar surface area (TPSA) is 4.93 Å². The molecule has 0 saturated heterocycles. The summed E-state index contributed by atoms with van der Waals surface area (Å²) in [4.78, 5) is 0. The van der Waals surface area contributed by atoms with E-state index in [1.54, 1.807) is 0 Å². The van der Waals surface area contributed by atoms with E-state index in [4.69, 9.17) is 0 Å². The average molecular weight is 282 g/mol. The van der Waals surface area contributed by atoms with Gasteiger partial charge in [0.15, 0.2) is 0 Å². The van der Waals surface area contributed by atoms with Gasteiger partial charge in [0.1, 0.15) is 0 Å².